The minimum absolute atomic E-state index is 0.299. The summed E-state index contributed by atoms with van der Waals surface area (Å²) in [5.74, 6) is 0. The van der Waals surface area contributed by atoms with E-state index in [1.807, 2.05) is 24.3 Å². The number of anilines is 1. The van der Waals surface area contributed by atoms with Crippen molar-refractivity contribution in [1.29, 1.82) is 0 Å². The lowest BCUT2D eigenvalue weighted by Gasteiger charge is -2.11. The van der Waals surface area contributed by atoms with Crippen molar-refractivity contribution in [2.45, 2.75) is 11.5 Å². The highest BCUT2D eigenvalue weighted by Crippen LogP contribution is 2.20. The van der Waals surface area contributed by atoms with E-state index in [1.165, 1.54) is 6.26 Å². The second-order valence-electron chi connectivity index (χ2n) is 4.87. The summed E-state index contributed by atoms with van der Waals surface area (Å²) in [6.45, 7) is 1.49. The average molecular weight is 340 g/mol. The second kappa shape index (κ2) is 7.63. The lowest BCUT2D eigenvalue weighted by Crippen LogP contribution is -2.12. The molecule has 0 saturated heterocycles. The van der Waals surface area contributed by atoms with Crippen molar-refractivity contribution in [1.82, 2.24) is 0 Å². The molecule has 0 saturated carbocycles. The van der Waals surface area contributed by atoms with Crippen LogP contribution in [0.4, 0.5) is 5.69 Å². The topological polar surface area (TPSA) is 55.4 Å². The van der Waals surface area contributed by atoms with Gasteiger partial charge in [0, 0.05) is 17.8 Å². The van der Waals surface area contributed by atoms with E-state index in [9.17, 15) is 8.42 Å². The Balaban J connectivity index is 1.81. The molecule has 22 heavy (non-hydrogen) atoms. The van der Waals surface area contributed by atoms with Gasteiger partial charge in [-0.05, 0) is 29.8 Å². The fourth-order valence-electron chi connectivity index (χ4n) is 1.96. The lowest BCUT2D eigenvalue weighted by molar-refractivity contribution is 0.130. The third-order valence-electron chi connectivity index (χ3n) is 3.03. The first-order valence-electron chi connectivity index (χ1n) is 6.82. The van der Waals surface area contributed by atoms with Gasteiger partial charge in [0.1, 0.15) is 0 Å². The summed E-state index contributed by atoms with van der Waals surface area (Å²) in [5.41, 5.74) is 1.64. The highest BCUT2D eigenvalue weighted by molar-refractivity contribution is 7.90. The van der Waals surface area contributed by atoms with Crippen LogP contribution in [0.15, 0.2) is 53.4 Å². The van der Waals surface area contributed by atoms with Crippen molar-refractivity contribution < 1.29 is 13.2 Å². The molecule has 6 heteroatoms. The number of para-hydroxylation sites is 1. The Morgan fingerprint density at radius 3 is 2.45 bits per heavy atom. The van der Waals surface area contributed by atoms with Crippen LogP contribution in [0.3, 0.4) is 0 Å². The Bertz CT molecular complexity index is 714. The van der Waals surface area contributed by atoms with E-state index in [2.05, 4.69) is 5.32 Å². The predicted octanol–water partition coefficient (Wildman–Crippen LogP) is 3.37. The normalized spacial score (nSPS) is 11.4. The number of rotatable bonds is 7. The number of ether oxygens (including phenoxy) is 1. The van der Waals surface area contributed by atoms with Crippen LogP contribution in [-0.4, -0.2) is 27.8 Å². The summed E-state index contributed by atoms with van der Waals surface area (Å²) in [7, 11) is -3.24. The molecule has 0 unspecified atom stereocenters. The van der Waals surface area contributed by atoms with Gasteiger partial charge < -0.3 is 10.1 Å². The molecular formula is C16H18ClNO3S. The Labute approximate surface area is 136 Å². The van der Waals surface area contributed by atoms with Crippen LogP contribution in [0, 0.1) is 0 Å². The van der Waals surface area contributed by atoms with Crippen LogP contribution < -0.4 is 5.32 Å². The quantitative estimate of drug-likeness (QED) is 0.786. The molecule has 0 aliphatic carbocycles. The summed E-state index contributed by atoms with van der Waals surface area (Å²) in [6.07, 6.45) is 1.20. The number of hydrogen-bond donors (Lipinski definition) is 1. The zero-order valence-corrected chi connectivity index (χ0v) is 13.8. The molecular weight excluding hydrogens is 322 g/mol. The van der Waals surface area contributed by atoms with Gasteiger partial charge in [0.05, 0.1) is 23.8 Å². The summed E-state index contributed by atoms with van der Waals surface area (Å²) in [5, 5.41) is 3.79. The number of sulfone groups is 1. The number of halogens is 1. The van der Waals surface area contributed by atoms with Crippen molar-refractivity contribution in [3.8, 4) is 0 Å². The van der Waals surface area contributed by atoms with E-state index >= 15 is 0 Å². The standard InChI is InChI=1S/C16H18ClNO3S/c1-22(19,20)16-5-3-2-4-15(16)18-10-11-21-12-13-6-8-14(17)9-7-13/h2-9,18H,10-12H2,1H3. The van der Waals surface area contributed by atoms with Crippen LogP contribution in [0.25, 0.3) is 0 Å². The van der Waals surface area contributed by atoms with Crippen molar-refractivity contribution in [2.24, 2.45) is 0 Å². The van der Waals surface area contributed by atoms with Crippen molar-refractivity contribution in [3.63, 3.8) is 0 Å². The van der Waals surface area contributed by atoms with E-state index in [0.717, 1.165) is 5.56 Å². The molecule has 1 N–H and O–H groups in total. The van der Waals surface area contributed by atoms with Gasteiger partial charge in [-0.3, -0.25) is 0 Å². The lowest BCUT2D eigenvalue weighted by atomic mass is 10.2. The van der Waals surface area contributed by atoms with E-state index in [-0.39, 0.29) is 0 Å². The van der Waals surface area contributed by atoms with E-state index in [4.69, 9.17) is 16.3 Å². The van der Waals surface area contributed by atoms with E-state index in [1.54, 1.807) is 24.3 Å². The molecule has 0 amide bonds. The molecule has 0 atom stereocenters. The Morgan fingerprint density at radius 1 is 1.09 bits per heavy atom. The Morgan fingerprint density at radius 2 is 1.77 bits per heavy atom. The van der Waals surface area contributed by atoms with Crippen molar-refractivity contribution in [3.05, 3.63) is 59.1 Å². The second-order valence-corrected chi connectivity index (χ2v) is 7.29. The molecule has 4 nitrogen and oxygen atoms in total. The largest absolute Gasteiger partial charge is 0.382 e. The van der Waals surface area contributed by atoms with Crippen molar-refractivity contribution >= 4 is 27.1 Å². The average Bonchev–Trinajstić information content (AvgIpc) is 2.48. The zero-order chi connectivity index (χ0) is 16.0. The third kappa shape index (κ3) is 5.02. The van der Waals surface area contributed by atoms with Crippen LogP contribution in [0.5, 0.6) is 0 Å². The summed E-state index contributed by atoms with van der Waals surface area (Å²) in [4.78, 5) is 0.299. The Hall–Kier alpha value is -1.56. The maximum Gasteiger partial charge on any atom is 0.177 e. The Kier molecular flexibility index (Phi) is 5.83. The zero-order valence-electron chi connectivity index (χ0n) is 12.3. The maximum absolute atomic E-state index is 11.7. The molecule has 2 aromatic rings. The molecule has 118 valence electrons. The van der Waals surface area contributed by atoms with Gasteiger partial charge in [-0.1, -0.05) is 35.9 Å². The fraction of sp³-hybridized carbons (Fsp3) is 0.250. The van der Waals surface area contributed by atoms with Gasteiger partial charge in [-0.25, -0.2) is 8.42 Å². The summed E-state index contributed by atoms with van der Waals surface area (Å²) >= 11 is 5.81. The molecule has 0 aromatic heterocycles. The number of nitrogens with one attached hydrogen (secondary N) is 1. The predicted molar refractivity (Wildman–Crippen MR) is 89.1 cm³/mol. The summed E-state index contributed by atoms with van der Waals surface area (Å²) < 4.78 is 28.9. The monoisotopic (exact) mass is 339 g/mol. The number of hydrogen-bond acceptors (Lipinski definition) is 4. The van der Waals surface area contributed by atoms with Crippen molar-refractivity contribution in [2.75, 3.05) is 24.7 Å². The first-order chi connectivity index (χ1) is 10.5. The minimum atomic E-state index is -3.24. The molecule has 0 aliphatic heterocycles. The summed E-state index contributed by atoms with van der Waals surface area (Å²) in [6, 6.07) is 14.3. The van der Waals surface area contributed by atoms with E-state index < -0.39 is 9.84 Å². The molecule has 0 fully saturated rings. The first-order valence-corrected chi connectivity index (χ1v) is 9.09. The minimum Gasteiger partial charge on any atom is -0.382 e. The van der Waals surface area contributed by atoms with Gasteiger partial charge in [-0.2, -0.15) is 0 Å². The third-order valence-corrected chi connectivity index (χ3v) is 4.44. The van der Waals surface area contributed by atoms with E-state index in [0.29, 0.717) is 35.4 Å². The van der Waals surface area contributed by atoms with Crippen LogP contribution in [0.2, 0.25) is 5.02 Å². The highest BCUT2D eigenvalue weighted by atomic mass is 35.5. The first kappa shape index (κ1) is 16.8. The molecule has 0 heterocycles. The fourth-order valence-corrected chi connectivity index (χ4v) is 2.96. The highest BCUT2D eigenvalue weighted by Gasteiger charge is 2.11. The maximum atomic E-state index is 11.7. The smallest absolute Gasteiger partial charge is 0.177 e. The molecule has 0 bridgehead atoms. The van der Waals surface area contributed by atoms with Gasteiger partial charge in [-0.15, -0.1) is 0 Å². The molecule has 0 aliphatic rings. The van der Waals surface area contributed by atoms with Gasteiger partial charge >= 0.3 is 0 Å². The van der Waals surface area contributed by atoms with Gasteiger partial charge in [0.2, 0.25) is 0 Å². The molecule has 2 aromatic carbocycles. The number of benzene rings is 2. The van der Waals surface area contributed by atoms with Crippen LogP contribution in [-0.2, 0) is 21.2 Å². The van der Waals surface area contributed by atoms with Gasteiger partial charge in [0.25, 0.3) is 0 Å². The molecule has 0 spiro atoms. The van der Waals surface area contributed by atoms with Crippen LogP contribution >= 0.6 is 11.6 Å². The molecule has 2 rings (SSSR count). The molecule has 0 radical (unpaired) electrons. The van der Waals surface area contributed by atoms with Gasteiger partial charge in [0.15, 0.2) is 9.84 Å². The van der Waals surface area contributed by atoms with Crippen LogP contribution in [0.1, 0.15) is 5.56 Å². The SMILES string of the molecule is CS(=O)(=O)c1ccccc1NCCOCc1ccc(Cl)cc1.